The number of methoxy groups -OCH3 is 1. The molecule has 0 fully saturated rings. The van der Waals surface area contributed by atoms with Crippen LogP contribution in [0.3, 0.4) is 0 Å². The molecule has 0 aliphatic heterocycles. The van der Waals surface area contributed by atoms with Crippen molar-refractivity contribution in [3.8, 4) is 5.75 Å². The first-order valence-corrected chi connectivity index (χ1v) is 6.48. The molecule has 4 nitrogen and oxygen atoms in total. The normalized spacial score (nSPS) is 11.3. The molecule has 21 heavy (non-hydrogen) atoms. The van der Waals surface area contributed by atoms with Crippen LogP contribution in [0.5, 0.6) is 5.75 Å². The number of alkyl halides is 3. The number of benzene rings is 1. The maximum Gasteiger partial charge on any atom is 0.419 e. The van der Waals surface area contributed by atoms with Gasteiger partial charge in [0.1, 0.15) is 5.75 Å². The highest BCUT2D eigenvalue weighted by atomic mass is 19.4. The van der Waals surface area contributed by atoms with Crippen molar-refractivity contribution in [3.05, 3.63) is 29.3 Å². The molecule has 1 aromatic carbocycles. The number of halogens is 3. The van der Waals surface area contributed by atoms with Crippen molar-refractivity contribution in [1.82, 2.24) is 0 Å². The summed E-state index contributed by atoms with van der Waals surface area (Å²) in [7, 11) is 1.25. The molecule has 0 aliphatic carbocycles. The average Bonchev–Trinajstić information content (AvgIpc) is 2.43. The summed E-state index contributed by atoms with van der Waals surface area (Å²) < 4.78 is 48.5. The van der Waals surface area contributed by atoms with E-state index in [2.05, 4.69) is 4.74 Å². The van der Waals surface area contributed by atoms with E-state index in [9.17, 15) is 18.0 Å². The largest absolute Gasteiger partial charge is 0.493 e. The van der Waals surface area contributed by atoms with Crippen LogP contribution < -0.4 is 10.5 Å². The summed E-state index contributed by atoms with van der Waals surface area (Å²) in [4.78, 5) is 10.9. The van der Waals surface area contributed by atoms with Gasteiger partial charge >= 0.3 is 12.1 Å². The SMILES string of the molecule is COC(=O)CCCOc1ccc(CCN)cc1C(F)(F)F. The highest BCUT2D eigenvalue weighted by molar-refractivity contribution is 5.69. The molecule has 1 aromatic rings. The van der Waals surface area contributed by atoms with Gasteiger partial charge in [0.15, 0.2) is 0 Å². The van der Waals surface area contributed by atoms with Crippen molar-refractivity contribution in [1.29, 1.82) is 0 Å². The molecular formula is C14H18F3NO3. The van der Waals surface area contributed by atoms with Crippen LogP contribution in [-0.2, 0) is 22.1 Å². The number of carbonyl (C=O) groups excluding carboxylic acids is 1. The lowest BCUT2D eigenvalue weighted by atomic mass is 10.1. The van der Waals surface area contributed by atoms with Crippen molar-refractivity contribution in [2.45, 2.75) is 25.4 Å². The molecule has 0 bridgehead atoms. The molecule has 118 valence electrons. The van der Waals surface area contributed by atoms with Crippen LogP contribution >= 0.6 is 0 Å². The van der Waals surface area contributed by atoms with Gasteiger partial charge in [0.05, 0.1) is 19.3 Å². The van der Waals surface area contributed by atoms with Crippen LogP contribution in [0.15, 0.2) is 18.2 Å². The lowest BCUT2D eigenvalue weighted by Gasteiger charge is -2.15. The van der Waals surface area contributed by atoms with Crippen molar-refractivity contribution < 1.29 is 27.4 Å². The predicted octanol–water partition coefficient (Wildman–Crippen LogP) is 2.54. The number of ether oxygens (including phenoxy) is 2. The summed E-state index contributed by atoms with van der Waals surface area (Å²) in [5, 5.41) is 0. The van der Waals surface area contributed by atoms with Gasteiger partial charge in [-0.3, -0.25) is 4.79 Å². The van der Waals surface area contributed by atoms with E-state index in [1.807, 2.05) is 0 Å². The Bertz CT molecular complexity index is 475. The van der Waals surface area contributed by atoms with E-state index in [4.69, 9.17) is 10.5 Å². The Hall–Kier alpha value is -1.76. The van der Waals surface area contributed by atoms with Gasteiger partial charge in [-0.25, -0.2) is 0 Å². The fraction of sp³-hybridized carbons (Fsp3) is 0.500. The quantitative estimate of drug-likeness (QED) is 0.621. The smallest absolute Gasteiger partial charge is 0.419 e. The van der Waals surface area contributed by atoms with Gasteiger partial charge < -0.3 is 15.2 Å². The van der Waals surface area contributed by atoms with Crippen LogP contribution in [0.25, 0.3) is 0 Å². The van der Waals surface area contributed by atoms with Crippen LogP contribution in [0.1, 0.15) is 24.0 Å². The Morgan fingerprint density at radius 1 is 1.33 bits per heavy atom. The Kier molecular flexibility index (Phi) is 6.48. The van der Waals surface area contributed by atoms with E-state index in [0.29, 0.717) is 12.0 Å². The van der Waals surface area contributed by atoms with E-state index in [1.165, 1.54) is 13.2 Å². The fourth-order valence-corrected chi connectivity index (χ4v) is 1.75. The molecule has 0 aliphatic rings. The maximum absolute atomic E-state index is 13.0. The first kappa shape index (κ1) is 17.3. The van der Waals surface area contributed by atoms with Crippen LogP contribution in [-0.4, -0.2) is 26.2 Å². The Morgan fingerprint density at radius 2 is 2.05 bits per heavy atom. The zero-order valence-corrected chi connectivity index (χ0v) is 11.7. The molecule has 0 radical (unpaired) electrons. The second kappa shape index (κ2) is 7.87. The number of hydrogen-bond donors (Lipinski definition) is 1. The Morgan fingerprint density at radius 3 is 2.62 bits per heavy atom. The van der Waals surface area contributed by atoms with Gasteiger partial charge in [-0.1, -0.05) is 6.07 Å². The third-order valence-electron chi connectivity index (χ3n) is 2.79. The maximum atomic E-state index is 13.0. The van der Waals surface area contributed by atoms with E-state index in [0.717, 1.165) is 6.07 Å². The number of nitrogens with two attached hydrogens (primary N) is 1. The van der Waals surface area contributed by atoms with Crippen LogP contribution in [0.4, 0.5) is 13.2 Å². The molecule has 0 saturated heterocycles. The van der Waals surface area contributed by atoms with E-state index < -0.39 is 17.7 Å². The summed E-state index contributed by atoms with van der Waals surface area (Å²) >= 11 is 0. The molecule has 0 saturated carbocycles. The zero-order valence-electron chi connectivity index (χ0n) is 11.7. The molecule has 0 heterocycles. The van der Waals surface area contributed by atoms with Crippen molar-refractivity contribution in [2.24, 2.45) is 5.73 Å². The number of carbonyl (C=O) groups is 1. The highest BCUT2D eigenvalue weighted by Gasteiger charge is 2.34. The molecule has 0 unspecified atom stereocenters. The second-order valence-corrected chi connectivity index (χ2v) is 4.40. The van der Waals surface area contributed by atoms with Gasteiger partial charge in [-0.05, 0) is 37.1 Å². The van der Waals surface area contributed by atoms with Gasteiger partial charge in [-0.2, -0.15) is 13.2 Å². The molecule has 0 atom stereocenters. The van der Waals surface area contributed by atoms with Gasteiger partial charge in [0.2, 0.25) is 0 Å². The number of esters is 1. The molecule has 2 N–H and O–H groups in total. The third-order valence-corrected chi connectivity index (χ3v) is 2.79. The van der Waals surface area contributed by atoms with E-state index >= 15 is 0 Å². The lowest BCUT2D eigenvalue weighted by Crippen LogP contribution is -2.12. The molecule has 0 spiro atoms. The first-order valence-electron chi connectivity index (χ1n) is 6.48. The summed E-state index contributed by atoms with van der Waals surface area (Å²) in [6.45, 7) is 0.283. The Balaban J connectivity index is 2.74. The molecular weight excluding hydrogens is 287 g/mol. The molecule has 0 amide bonds. The summed E-state index contributed by atoms with van der Waals surface area (Å²) in [5.74, 6) is -0.666. The van der Waals surface area contributed by atoms with Crippen LogP contribution in [0.2, 0.25) is 0 Å². The van der Waals surface area contributed by atoms with Crippen molar-refractivity contribution >= 4 is 5.97 Å². The topological polar surface area (TPSA) is 61.5 Å². The number of hydrogen-bond acceptors (Lipinski definition) is 4. The second-order valence-electron chi connectivity index (χ2n) is 4.40. The number of rotatable bonds is 7. The summed E-state index contributed by atoms with van der Waals surface area (Å²) in [6, 6.07) is 3.88. The van der Waals surface area contributed by atoms with Gasteiger partial charge in [0, 0.05) is 6.42 Å². The highest BCUT2D eigenvalue weighted by Crippen LogP contribution is 2.37. The predicted molar refractivity (Wildman–Crippen MR) is 70.9 cm³/mol. The summed E-state index contributed by atoms with van der Waals surface area (Å²) in [5.41, 5.74) is 5.02. The van der Waals surface area contributed by atoms with Gasteiger partial charge in [0.25, 0.3) is 0 Å². The molecule has 1 rings (SSSR count). The van der Waals surface area contributed by atoms with Gasteiger partial charge in [-0.15, -0.1) is 0 Å². The first-order chi connectivity index (χ1) is 9.88. The third kappa shape index (κ3) is 5.63. The summed E-state index contributed by atoms with van der Waals surface area (Å²) in [6.07, 6.45) is -3.74. The zero-order chi connectivity index (χ0) is 15.9. The Labute approximate surface area is 121 Å². The standard InChI is InChI=1S/C14H18F3NO3/c1-20-13(19)3-2-8-21-12-5-4-10(6-7-18)9-11(12)14(15,16)17/h4-5,9H,2-3,6-8,18H2,1H3. The van der Waals surface area contributed by atoms with E-state index in [-0.39, 0.29) is 31.7 Å². The van der Waals surface area contributed by atoms with Crippen LogP contribution in [0, 0.1) is 0 Å². The minimum atomic E-state index is -4.50. The van der Waals surface area contributed by atoms with Crippen molar-refractivity contribution in [2.75, 3.05) is 20.3 Å². The lowest BCUT2D eigenvalue weighted by molar-refractivity contribution is -0.141. The monoisotopic (exact) mass is 305 g/mol. The minimum Gasteiger partial charge on any atom is -0.493 e. The van der Waals surface area contributed by atoms with Crippen molar-refractivity contribution in [3.63, 3.8) is 0 Å². The van der Waals surface area contributed by atoms with E-state index in [1.54, 1.807) is 6.07 Å². The fourth-order valence-electron chi connectivity index (χ4n) is 1.75. The minimum absolute atomic E-state index is 0.00835. The molecule has 7 heteroatoms. The molecule has 0 aromatic heterocycles. The average molecular weight is 305 g/mol.